The van der Waals surface area contributed by atoms with Gasteiger partial charge in [-0.2, -0.15) is 0 Å². The molecule has 1 aromatic carbocycles. The minimum absolute atomic E-state index is 0.0298. The lowest BCUT2D eigenvalue weighted by molar-refractivity contribution is -0.127. The number of methoxy groups -OCH3 is 1. The summed E-state index contributed by atoms with van der Waals surface area (Å²) in [6.45, 7) is 4.88. The highest BCUT2D eigenvalue weighted by Gasteiger charge is 2.20. The van der Waals surface area contributed by atoms with Crippen molar-refractivity contribution in [2.24, 2.45) is 4.99 Å². The van der Waals surface area contributed by atoms with E-state index in [-0.39, 0.29) is 12.5 Å². The highest BCUT2D eigenvalue weighted by molar-refractivity contribution is 5.86. The molecule has 1 aromatic rings. The Labute approximate surface area is 169 Å². The lowest BCUT2D eigenvalue weighted by Crippen LogP contribution is -2.50. The van der Waals surface area contributed by atoms with Gasteiger partial charge in [0.1, 0.15) is 0 Å². The third-order valence-electron chi connectivity index (χ3n) is 4.92. The maximum atomic E-state index is 11.9. The largest absolute Gasteiger partial charge is 0.385 e. The molecule has 7 nitrogen and oxygen atoms in total. The number of guanidine groups is 1. The predicted molar refractivity (Wildman–Crippen MR) is 113 cm³/mol. The fourth-order valence-electron chi connectivity index (χ4n) is 3.15. The van der Waals surface area contributed by atoms with Gasteiger partial charge < -0.3 is 25.2 Å². The van der Waals surface area contributed by atoms with Gasteiger partial charge in [0.2, 0.25) is 5.91 Å². The molecule has 28 heavy (non-hydrogen) atoms. The summed E-state index contributed by atoms with van der Waals surface area (Å²) in [6.07, 6.45) is 3.22. The van der Waals surface area contributed by atoms with Crippen molar-refractivity contribution in [3.63, 3.8) is 0 Å². The van der Waals surface area contributed by atoms with E-state index in [0.717, 1.165) is 51.1 Å². The second kappa shape index (κ2) is 12.4. The van der Waals surface area contributed by atoms with Crippen LogP contribution in [0.15, 0.2) is 35.3 Å². The number of rotatable bonds is 9. The van der Waals surface area contributed by atoms with Gasteiger partial charge in [0, 0.05) is 53.5 Å². The molecule has 0 spiro atoms. The van der Waals surface area contributed by atoms with Crippen LogP contribution < -0.4 is 10.6 Å². The van der Waals surface area contributed by atoms with E-state index in [1.54, 1.807) is 26.1 Å². The number of benzene rings is 1. The Hall–Kier alpha value is -2.12. The quantitative estimate of drug-likeness (QED) is 0.379. The van der Waals surface area contributed by atoms with Crippen molar-refractivity contribution in [1.82, 2.24) is 20.4 Å². The van der Waals surface area contributed by atoms with Crippen molar-refractivity contribution in [3.05, 3.63) is 35.9 Å². The van der Waals surface area contributed by atoms with Crippen LogP contribution in [-0.2, 0) is 16.1 Å². The van der Waals surface area contributed by atoms with Crippen molar-refractivity contribution >= 4 is 11.9 Å². The third-order valence-corrected chi connectivity index (χ3v) is 4.92. The van der Waals surface area contributed by atoms with E-state index in [9.17, 15) is 4.79 Å². The summed E-state index contributed by atoms with van der Waals surface area (Å²) in [5, 5.41) is 6.71. The van der Waals surface area contributed by atoms with E-state index in [1.807, 2.05) is 18.2 Å². The second-order valence-corrected chi connectivity index (χ2v) is 7.40. The van der Waals surface area contributed by atoms with Crippen LogP contribution in [0.4, 0.5) is 0 Å². The summed E-state index contributed by atoms with van der Waals surface area (Å²) in [6, 6.07) is 10.5. The number of likely N-dealkylation sites (N-methyl/N-ethyl adjacent to an activating group) is 1. The Morgan fingerprint density at radius 3 is 2.61 bits per heavy atom. The van der Waals surface area contributed by atoms with Crippen LogP contribution in [0.2, 0.25) is 0 Å². The van der Waals surface area contributed by atoms with E-state index in [0.29, 0.717) is 18.5 Å². The van der Waals surface area contributed by atoms with Gasteiger partial charge in [0.05, 0.1) is 13.1 Å². The molecule has 0 saturated carbocycles. The number of hydrogen-bond acceptors (Lipinski definition) is 4. The van der Waals surface area contributed by atoms with Gasteiger partial charge in [-0.25, -0.2) is 4.99 Å². The molecule has 1 aliphatic rings. The highest BCUT2D eigenvalue weighted by atomic mass is 16.5. The summed E-state index contributed by atoms with van der Waals surface area (Å²) in [7, 11) is 5.27. The molecular formula is C21H35N5O2. The summed E-state index contributed by atoms with van der Waals surface area (Å²) >= 11 is 0. The number of aliphatic imine (C=N–C) groups is 1. The zero-order chi connectivity index (χ0) is 20.2. The Balaban J connectivity index is 1.87. The monoisotopic (exact) mass is 389 g/mol. The molecule has 1 heterocycles. The van der Waals surface area contributed by atoms with Gasteiger partial charge in [0.15, 0.2) is 5.96 Å². The Morgan fingerprint density at radius 2 is 1.96 bits per heavy atom. The first kappa shape index (κ1) is 22.2. The molecule has 0 atom stereocenters. The molecule has 0 unspecified atom stereocenters. The maximum absolute atomic E-state index is 11.9. The van der Waals surface area contributed by atoms with Gasteiger partial charge in [0.25, 0.3) is 0 Å². The van der Waals surface area contributed by atoms with Gasteiger partial charge >= 0.3 is 0 Å². The average Bonchev–Trinajstić information content (AvgIpc) is 2.71. The van der Waals surface area contributed by atoms with E-state index >= 15 is 0 Å². The SMILES string of the molecule is COCCCN1CCC(NC(=NCc2ccccc2)NCC(=O)N(C)C)CC1. The van der Waals surface area contributed by atoms with Gasteiger partial charge in [-0.05, 0) is 24.8 Å². The summed E-state index contributed by atoms with van der Waals surface area (Å²) in [4.78, 5) is 20.7. The van der Waals surface area contributed by atoms with Crippen LogP contribution in [0, 0.1) is 0 Å². The number of nitrogens with one attached hydrogen (secondary N) is 2. The Morgan fingerprint density at radius 1 is 1.25 bits per heavy atom. The second-order valence-electron chi connectivity index (χ2n) is 7.40. The number of carbonyl (C=O) groups excluding carboxylic acids is 1. The predicted octanol–water partition coefficient (Wildman–Crippen LogP) is 1.31. The molecule has 1 aliphatic heterocycles. The molecule has 0 aliphatic carbocycles. The Bertz CT molecular complexity index is 598. The average molecular weight is 390 g/mol. The molecule has 2 rings (SSSR count). The van der Waals surface area contributed by atoms with Gasteiger partial charge in [-0.3, -0.25) is 4.79 Å². The van der Waals surface area contributed by atoms with Crippen molar-refractivity contribution < 1.29 is 9.53 Å². The zero-order valence-electron chi connectivity index (χ0n) is 17.5. The summed E-state index contributed by atoms with van der Waals surface area (Å²) in [5.74, 6) is 0.735. The third kappa shape index (κ3) is 8.27. The molecule has 2 N–H and O–H groups in total. The first-order valence-electron chi connectivity index (χ1n) is 10.1. The first-order valence-corrected chi connectivity index (χ1v) is 10.1. The fraction of sp³-hybridized carbons (Fsp3) is 0.619. The van der Waals surface area contributed by atoms with Crippen LogP contribution >= 0.6 is 0 Å². The number of ether oxygens (including phenoxy) is 1. The molecule has 156 valence electrons. The molecule has 0 aromatic heterocycles. The minimum Gasteiger partial charge on any atom is -0.385 e. The zero-order valence-corrected chi connectivity index (χ0v) is 17.5. The van der Waals surface area contributed by atoms with Crippen LogP contribution in [-0.4, -0.2) is 81.7 Å². The molecule has 0 radical (unpaired) electrons. The number of amides is 1. The van der Waals surface area contributed by atoms with Crippen molar-refractivity contribution in [3.8, 4) is 0 Å². The molecular weight excluding hydrogens is 354 g/mol. The lowest BCUT2D eigenvalue weighted by Gasteiger charge is -2.33. The van der Waals surface area contributed by atoms with E-state index < -0.39 is 0 Å². The Kier molecular flexibility index (Phi) is 9.79. The topological polar surface area (TPSA) is 69.2 Å². The van der Waals surface area contributed by atoms with Crippen LogP contribution in [0.5, 0.6) is 0 Å². The first-order chi connectivity index (χ1) is 13.6. The van der Waals surface area contributed by atoms with E-state index in [2.05, 4.69) is 27.7 Å². The van der Waals surface area contributed by atoms with Crippen molar-refractivity contribution in [2.75, 3.05) is 54.0 Å². The summed E-state index contributed by atoms with van der Waals surface area (Å²) in [5.41, 5.74) is 1.15. The number of hydrogen-bond donors (Lipinski definition) is 2. The molecule has 1 fully saturated rings. The van der Waals surface area contributed by atoms with E-state index in [1.165, 1.54) is 0 Å². The standard InChI is InChI=1S/C21H35N5O2/c1-25(2)20(27)17-23-21(22-16-18-8-5-4-6-9-18)24-19-10-13-26(14-11-19)12-7-15-28-3/h4-6,8-9,19H,7,10-17H2,1-3H3,(H2,22,23,24). The number of carbonyl (C=O) groups is 1. The fourth-order valence-corrected chi connectivity index (χ4v) is 3.15. The van der Waals surface area contributed by atoms with E-state index in [4.69, 9.17) is 9.73 Å². The van der Waals surface area contributed by atoms with Crippen molar-refractivity contribution in [1.29, 1.82) is 0 Å². The number of piperidine rings is 1. The molecule has 7 heteroatoms. The summed E-state index contributed by atoms with van der Waals surface area (Å²) < 4.78 is 5.14. The normalized spacial score (nSPS) is 16.0. The van der Waals surface area contributed by atoms with Crippen LogP contribution in [0.1, 0.15) is 24.8 Å². The molecule has 1 saturated heterocycles. The molecule has 0 bridgehead atoms. The van der Waals surface area contributed by atoms with Gasteiger partial charge in [-0.1, -0.05) is 30.3 Å². The lowest BCUT2D eigenvalue weighted by atomic mass is 10.1. The van der Waals surface area contributed by atoms with Crippen LogP contribution in [0.3, 0.4) is 0 Å². The maximum Gasteiger partial charge on any atom is 0.241 e. The minimum atomic E-state index is 0.0298. The smallest absolute Gasteiger partial charge is 0.241 e. The molecule has 1 amide bonds. The number of likely N-dealkylation sites (tertiary alicyclic amines) is 1. The highest BCUT2D eigenvalue weighted by Crippen LogP contribution is 2.11. The van der Waals surface area contributed by atoms with Gasteiger partial charge in [-0.15, -0.1) is 0 Å². The van der Waals surface area contributed by atoms with Crippen LogP contribution in [0.25, 0.3) is 0 Å². The van der Waals surface area contributed by atoms with Crippen molar-refractivity contribution in [2.45, 2.75) is 31.8 Å². The number of nitrogens with zero attached hydrogens (tertiary/aromatic N) is 3.